The number of ketones is 1. The van der Waals surface area contributed by atoms with E-state index in [0.717, 1.165) is 12.1 Å². The Labute approximate surface area is 78.6 Å². The van der Waals surface area contributed by atoms with Gasteiger partial charge in [0.15, 0.2) is 5.78 Å². The fourth-order valence-electron chi connectivity index (χ4n) is 1.41. The van der Waals surface area contributed by atoms with E-state index in [1.165, 1.54) is 0 Å². The van der Waals surface area contributed by atoms with E-state index in [1.54, 1.807) is 6.08 Å². The first-order chi connectivity index (χ1) is 6.15. The van der Waals surface area contributed by atoms with Crippen LogP contribution in [-0.4, -0.2) is 23.8 Å². The molecule has 1 aliphatic rings. The highest BCUT2D eigenvalue weighted by molar-refractivity contribution is 5.92. The van der Waals surface area contributed by atoms with Crippen LogP contribution in [0.3, 0.4) is 0 Å². The number of hydrogen-bond donors (Lipinski definition) is 0. The van der Waals surface area contributed by atoms with Gasteiger partial charge in [-0.15, -0.1) is 0 Å². The van der Waals surface area contributed by atoms with Gasteiger partial charge in [-0.1, -0.05) is 0 Å². The second kappa shape index (κ2) is 4.08. The summed E-state index contributed by atoms with van der Waals surface area (Å²) in [5, 5.41) is 8.52. The molecular formula is C10H14N2O. The summed E-state index contributed by atoms with van der Waals surface area (Å²) in [6.07, 6.45) is 3.64. The Morgan fingerprint density at radius 2 is 2.38 bits per heavy atom. The maximum atomic E-state index is 11.0. The molecule has 0 aliphatic heterocycles. The summed E-state index contributed by atoms with van der Waals surface area (Å²) in [4.78, 5) is 13.0. The molecule has 3 nitrogen and oxygen atoms in total. The molecule has 0 saturated heterocycles. The fraction of sp³-hybridized carbons (Fsp3) is 0.600. The standard InChI is InChI=1S/C10H14N2O/c1-8(5-6-11)12(2)9-3-4-10(13)7-9/h7-8H,3-5H2,1-2H3. The third-order valence-electron chi connectivity index (χ3n) is 2.46. The van der Waals surface area contributed by atoms with Gasteiger partial charge < -0.3 is 4.90 Å². The number of allylic oxidation sites excluding steroid dienone is 2. The predicted molar refractivity (Wildman–Crippen MR) is 49.8 cm³/mol. The van der Waals surface area contributed by atoms with Crippen molar-refractivity contribution in [2.24, 2.45) is 0 Å². The molecule has 0 fully saturated rings. The van der Waals surface area contributed by atoms with Crippen molar-refractivity contribution in [3.63, 3.8) is 0 Å². The Morgan fingerprint density at radius 1 is 1.69 bits per heavy atom. The normalized spacial score (nSPS) is 17.9. The summed E-state index contributed by atoms with van der Waals surface area (Å²) in [6.45, 7) is 1.99. The van der Waals surface area contributed by atoms with Crippen molar-refractivity contribution < 1.29 is 4.79 Å². The van der Waals surface area contributed by atoms with E-state index in [1.807, 2.05) is 18.9 Å². The minimum absolute atomic E-state index is 0.196. The van der Waals surface area contributed by atoms with Gasteiger partial charge in [0.05, 0.1) is 12.5 Å². The molecule has 70 valence electrons. The van der Waals surface area contributed by atoms with Crippen LogP contribution < -0.4 is 0 Å². The van der Waals surface area contributed by atoms with Crippen molar-refractivity contribution >= 4 is 5.78 Å². The highest BCUT2D eigenvalue weighted by atomic mass is 16.1. The van der Waals surface area contributed by atoms with Crippen molar-refractivity contribution in [1.29, 1.82) is 5.26 Å². The monoisotopic (exact) mass is 178 g/mol. The number of nitriles is 1. The molecule has 0 spiro atoms. The van der Waals surface area contributed by atoms with E-state index in [-0.39, 0.29) is 11.8 Å². The number of carbonyl (C=O) groups excluding carboxylic acids is 1. The largest absolute Gasteiger partial charge is 0.374 e. The minimum atomic E-state index is 0.196. The highest BCUT2D eigenvalue weighted by Gasteiger charge is 2.18. The van der Waals surface area contributed by atoms with Gasteiger partial charge in [0.25, 0.3) is 0 Å². The Kier molecular flexibility index (Phi) is 3.07. The van der Waals surface area contributed by atoms with Crippen molar-refractivity contribution in [3.05, 3.63) is 11.8 Å². The molecule has 0 radical (unpaired) electrons. The molecule has 1 unspecified atom stereocenters. The van der Waals surface area contributed by atoms with Crippen LogP contribution in [0, 0.1) is 11.3 Å². The Morgan fingerprint density at radius 3 is 2.85 bits per heavy atom. The number of rotatable bonds is 3. The molecule has 13 heavy (non-hydrogen) atoms. The topological polar surface area (TPSA) is 44.1 Å². The third kappa shape index (κ3) is 2.32. The van der Waals surface area contributed by atoms with Gasteiger partial charge in [0.2, 0.25) is 0 Å². The first kappa shape index (κ1) is 9.79. The predicted octanol–water partition coefficient (Wildman–Crippen LogP) is 1.47. The minimum Gasteiger partial charge on any atom is -0.374 e. The Bertz CT molecular complexity index is 275. The molecule has 0 saturated carbocycles. The summed E-state index contributed by atoms with van der Waals surface area (Å²) < 4.78 is 0. The number of hydrogen-bond acceptors (Lipinski definition) is 3. The molecule has 0 aromatic heterocycles. The molecule has 0 heterocycles. The smallest absolute Gasteiger partial charge is 0.157 e. The van der Waals surface area contributed by atoms with Crippen molar-refractivity contribution in [1.82, 2.24) is 4.90 Å². The average Bonchev–Trinajstić information content (AvgIpc) is 2.51. The maximum absolute atomic E-state index is 11.0. The van der Waals surface area contributed by atoms with E-state index in [9.17, 15) is 4.79 Å². The van der Waals surface area contributed by atoms with E-state index in [2.05, 4.69) is 6.07 Å². The zero-order valence-corrected chi connectivity index (χ0v) is 8.08. The van der Waals surface area contributed by atoms with E-state index < -0.39 is 0 Å². The number of carbonyl (C=O) groups is 1. The molecule has 1 atom stereocenters. The van der Waals surface area contributed by atoms with Crippen LogP contribution >= 0.6 is 0 Å². The second-order valence-corrected chi connectivity index (χ2v) is 3.42. The zero-order valence-electron chi connectivity index (χ0n) is 8.08. The SMILES string of the molecule is CC(CC#N)N(C)C1=CC(=O)CC1. The van der Waals surface area contributed by atoms with E-state index in [4.69, 9.17) is 5.26 Å². The van der Waals surface area contributed by atoms with Crippen molar-refractivity contribution in [2.45, 2.75) is 32.2 Å². The average molecular weight is 178 g/mol. The van der Waals surface area contributed by atoms with Crippen LogP contribution in [0.4, 0.5) is 0 Å². The third-order valence-corrected chi connectivity index (χ3v) is 2.46. The lowest BCUT2D eigenvalue weighted by molar-refractivity contribution is -0.114. The van der Waals surface area contributed by atoms with Crippen LogP contribution in [0.2, 0.25) is 0 Å². The van der Waals surface area contributed by atoms with E-state index in [0.29, 0.717) is 12.8 Å². The second-order valence-electron chi connectivity index (χ2n) is 3.42. The molecule has 0 amide bonds. The van der Waals surface area contributed by atoms with Gasteiger partial charge in [-0.05, 0) is 13.3 Å². The summed E-state index contributed by atoms with van der Waals surface area (Å²) in [5.74, 6) is 0.200. The lowest BCUT2D eigenvalue weighted by Crippen LogP contribution is -2.27. The highest BCUT2D eigenvalue weighted by Crippen LogP contribution is 2.20. The van der Waals surface area contributed by atoms with Gasteiger partial charge >= 0.3 is 0 Å². The van der Waals surface area contributed by atoms with Gasteiger partial charge in [0.1, 0.15) is 0 Å². The van der Waals surface area contributed by atoms with Gasteiger partial charge in [-0.25, -0.2) is 0 Å². The molecule has 0 N–H and O–H groups in total. The van der Waals surface area contributed by atoms with Crippen LogP contribution in [0.25, 0.3) is 0 Å². The van der Waals surface area contributed by atoms with Crippen LogP contribution in [0.15, 0.2) is 11.8 Å². The molecule has 3 heteroatoms. The molecule has 0 bridgehead atoms. The van der Waals surface area contributed by atoms with Gasteiger partial charge in [0, 0.05) is 31.3 Å². The van der Waals surface area contributed by atoms with Crippen LogP contribution in [-0.2, 0) is 4.79 Å². The number of nitrogens with zero attached hydrogens (tertiary/aromatic N) is 2. The van der Waals surface area contributed by atoms with E-state index >= 15 is 0 Å². The Balaban J connectivity index is 2.58. The first-order valence-corrected chi connectivity index (χ1v) is 4.48. The molecule has 0 aromatic carbocycles. The maximum Gasteiger partial charge on any atom is 0.157 e. The van der Waals surface area contributed by atoms with Crippen LogP contribution in [0.1, 0.15) is 26.2 Å². The summed E-state index contributed by atoms with van der Waals surface area (Å²) >= 11 is 0. The first-order valence-electron chi connectivity index (χ1n) is 4.48. The lowest BCUT2D eigenvalue weighted by Gasteiger charge is -2.25. The fourth-order valence-corrected chi connectivity index (χ4v) is 1.41. The van der Waals surface area contributed by atoms with Crippen molar-refractivity contribution in [3.8, 4) is 6.07 Å². The summed E-state index contributed by atoms with van der Waals surface area (Å²) in [7, 11) is 1.94. The molecule has 0 aromatic rings. The van der Waals surface area contributed by atoms with Crippen molar-refractivity contribution in [2.75, 3.05) is 7.05 Å². The lowest BCUT2D eigenvalue weighted by atomic mass is 10.2. The summed E-state index contributed by atoms with van der Waals surface area (Å²) in [5.41, 5.74) is 1.06. The molecule has 1 rings (SSSR count). The molecule has 1 aliphatic carbocycles. The van der Waals surface area contributed by atoms with Crippen LogP contribution in [0.5, 0.6) is 0 Å². The Hall–Kier alpha value is -1.30. The zero-order chi connectivity index (χ0) is 9.84. The summed E-state index contributed by atoms with van der Waals surface area (Å²) in [6, 6.07) is 2.33. The van der Waals surface area contributed by atoms with Gasteiger partial charge in [-0.3, -0.25) is 4.79 Å². The quantitative estimate of drug-likeness (QED) is 0.657. The van der Waals surface area contributed by atoms with Gasteiger partial charge in [-0.2, -0.15) is 5.26 Å². The molecular weight excluding hydrogens is 164 g/mol.